The van der Waals surface area contributed by atoms with E-state index in [9.17, 15) is 4.79 Å². The fourth-order valence-electron chi connectivity index (χ4n) is 2.83. The number of hydrogen-bond donors (Lipinski definition) is 1. The predicted molar refractivity (Wildman–Crippen MR) is 81.3 cm³/mol. The Balaban J connectivity index is 1.81. The molecule has 0 aliphatic carbocycles. The van der Waals surface area contributed by atoms with Crippen LogP contribution in [-0.2, 0) is 0 Å². The second-order valence-corrected chi connectivity index (χ2v) is 5.39. The summed E-state index contributed by atoms with van der Waals surface area (Å²) in [5.41, 5.74) is 7.36. The summed E-state index contributed by atoms with van der Waals surface area (Å²) >= 11 is 0. The number of para-hydroxylation sites is 1. The van der Waals surface area contributed by atoms with Crippen molar-refractivity contribution in [2.24, 2.45) is 5.73 Å². The summed E-state index contributed by atoms with van der Waals surface area (Å²) < 4.78 is 1.73. The molecule has 21 heavy (non-hydrogen) atoms. The minimum Gasteiger partial charge on any atom is -0.334 e. The zero-order chi connectivity index (χ0) is 14.7. The number of rotatable bonds is 3. The van der Waals surface area contributed by atoms with Crippen molar-refractivity contribution in [1.29, 1.82) is 0 Å². The molecule has 2 N–H and O–H groups in total. The molecule has 1 saturated heterocycles. The molecule has 2 heterocycles. The van der Waals surface area contributed by atoms with Crippen LogP contribution >= 0.6 is 0 Å². The first-order chi connectivity index (χ1) is 10.3. The first-order valence-electron chi connectivity index (χ1n) is 7.40. The number of benzene rings is 1. The Labute approximate surface area is 124 Å². The Morgan fingerprint density at radius 2 is 2.10 bits per heavy atom. The van der Waals surface area contributed by atoms with E-state index in [2.05, 4.69) is 5.10 Å². The molecule has 1 amide bonds. The van der Waals surface area contributed by atoms with E-state index in [1.54, 1.807) is 17.1 Å². The number of amides is 1. The van der Waals surface area contributed by atoms with Gasteiger partial charge in [0.05, 0.1) is 17.4 Å². The second-order valence-electron chi connectivity index (χ2n) is 5.39. The molecule has 110 valence electrons. The van der Waals surface area contributed by atoms with Gasteiger partial charge < -0.3 is 10.6 Å². The Kier molecular flexibility index (Phi) is 4.01. The second kappa shape index (κ2) is 6.10. The zero-order valence-electron chi connectivity index (χ0n) is 12.0. The van der Waals surface area contributed by atoms with Gasteiger partial charge >= 0.3 is 0 Å². The molecule has 1 atom stereocenters. The number of carbonyl (C=O) groups is 1. The lowest BCUT2D eigenvalue weighted by Crippen LogP contribution is -2.47. The van der Waals surface area contributed by atoms with E-state index < -0.39 is 0 Å². The molecule has 5 nitrogen and oxygen atoms in total. The van der Waals surface area contributed by atoms with Gasteiger partial charge in [0.25, 0.3) is 5.91 Å². The number of aromatic nitrogens is 2. The highest BCUT2D eigenvalue weighted by molar-refractivity contribution is 5.94. The normalized spacial score (nSPS) is 18.7. The molecule has 2 aromatic rings. The third-order valence-corrected chi connectivity index (χ3v) is 4.01. The third kappa shape index (κ3) is 2.83. The molecule has 0 saturated carbocycles. The van der Waals surface area contributed by atoms with Gasteiger partial charge in [0.1, 0.15) is 0 Å². The molecular weight excluding hydrogens is 264 g/mol. The highest BCUT2D eigenvalue weighted by Crippen LogP contribution is 2.19. The van der Waals surface area contributed by atoms with Crippen molar-refractivity contribution in [2.45, 2.75) is 25.3 Å². The summed E-state index contributed by atoms with van der Waals surface area (Å²) in [7, 11) is 0. The van der Waals surface area contributed by atoms with E-state index in [-0.39, 0.29) is 11.9 Å². The Bertz CT molecular complexity index is 608. The molecule has 1 aromatic carbocycles. The average Bonchev–Trinajstić information content (AvgIpc) is 3.05. The predicted octanol–water partition coefficient (Wildman–Crippen LogP) is 1.83. The van der Waals surface area contributed by atoms with Crippen molar-refractivity contribution in [3.05, 3.63) is 48.3 Å². The van der Waals surface area contributed by atoms with Gasteiger partial charge in [-0.05, 0) is 31.4 Å². The lowest BCUT2D eigenvalue weighted by Gasteiger charge is -2.34. The lowest BCUT2D eigenvalue weighted by atomic mass is 10.0. The van der Waals surface area contributed by atoms with Crippen molar-refractivity contribution in [1.82, 2.24) is 14.7 Å². The maximum atomic E-state index is 12.6. The number of carbonyl (C=O) groups excluding carboxylic acids is 1. The average molecular weight is 284 g/mol. The van der Waals surface area contributed by atoms with Crippen LogP contribution in [0.25, 0.3) is 5.69 Å². The Hall–Kier alpha value is -2.14. The van der Waals surface area contributed by atoms with Crippen LogP contribution in [0.5, 0.6) is 0 Å². The van der Waals surface area contributed by atoms with Gasteiger partial charge in [-0.15, -0.1) is 0 Å². The van der Waals surface area contributed by atoms with Crippen LogP contribution in [0.2, 0.25) is 0 Å². The van der Waals surface area contributed by atoms with E-state index in [1.807, 2.05) is 35.2 Å². The lowest BCUT2D eigenvalue weighted by molar-refractivity contribution is 0.0623. The monoisotopic (exact) mass is 284 g/mol. The van der Waals surface area contributed by atoms with Crippen LogP contribution in [0.1, 0.15) is 29.6 Å². The summed E-state index contributed by atoms with van der Waals surface area (Å²) in [5.74, 6) is 0.0346. The third-order valence-electron chi connectivity index (χ3n) is 4.01. The maximum Gasteiger partial charge on any atom is 0.257 e. The SMILES string of the molecule is NCC1CCCCN1C(=O)c1cnn(-c2ccccc2)c1. The fraction of sp³-hybridized carbons (Fsp3) is 0.375. The number of hydrogen-bond acceptors (Lipinski definition) is 3. The van der Waals surface area contributed by atoms with Gasteiger partial charge in [-0.3, -0.25) is 4.79 Å². The molecule has 0 radical (unpaired) electrons. The number of likely N-dealkylation sites (tertiary alicyclic amines) is 1. The van der Waals surface area contributed by atoms with Crippen molar-refractivity contribution in [3.8, 4) is 5.69 Å². The van der Waals surface area contributed by atoms with Crippen LogP contribution in [0.3, 0.4) is 0 Å². The topological polar surface area (TPSA) is 64.2 Å². The van der Waals surface area contributed by atoms with Gasteiger partial charge in [-0.2, -0.15) is 5.10 Å². The van der Waals surface area contributed by atoms with Crippen LogP contribution in [-0.4, -0.2) is 39.7 Å². The maximum absolute atomic E-state index is 12.6. The van der Waals surface area contributed by atoms with Crippen LogP contribution in [0.15, 0.2) is 42.7 Å². The van der Waals surface area contributed by atoms with E-state index in [4.69, 9.17) is 5.73 Å². The molecule has 1 fully saturated rings. The first kappa shape index (κ1) is 13.8. The van der Waals surface area contributed by atoms with E-state index in [0.717, 1.165) is 31.5 Å². The molecule has 1 unspecified atom stereocenters. The van der Waals surface area contributed by atoms with Crippen LogP contribution in [0.4, 0.5) is 0 Å². The van der Waals surface area contributed by atoms with Crippen LogP contribution < -0.4 is 5.73 Å². The van der Waals surface area contributed by atoms with Gasteiger partial charge in [0.2, 0.25) is 0 Å². The summed E-state index contributed by atoms with van der Waals surface area (Å²) in [6.45, 7) is 1.32. The van der Waals surface area contributed by atoms with Gasteiger partial charge in [-0.25, -0.2) is 4.68 Å². The molecule has 3 rings (SSSR count). The molecular formula is C16H20N4O. The summed E-state index contributed by atoms with van der Waals surface area (Å²) in [6, 6.07) is 9.95. The largest absolute Gasteiger partial charge is 0.334 e. The van der Waals surface area contributed by atoms with Crippen LogP contribution in [0, 0.1) is 0 Å². The van der Waals surface area contributed by atoms with Crippen molar-refractivity contribution < 1.29 is 4.79 Å². The smallest absolute Gasteiger partial charge is 0.257 e. The van der Waals surface area contributed by atoms with Crippen molar-refractivity contribution in [2.75, 3.05) is 13.1 Å². The number of nitrogens with zero attached hydrogens (tertiary/aromatic N) is 3. The van der Waals surface area contributed by atoms with Crippen molar-refractivity contribution >= 4 is 5.91 Å². The summed E-state index contributed by atoms with van der Waals surface area (Å²) in [4.78, 5) is 14.5. The van der Waals surface area contributed by atoms with Gasteiger partial charge in [0, 0.05) is 25.3 Å². The number of piperidine rings is 1. The minimum atomic E-state index is 0.0346. The zero-order valence-corrected chi connectivity index (χ0v) is 12.0. The minimum absolute atomic E-state index is 0.0346. The van der Waals surface area contributed by atoms with Crippen molar-refractivity contribution in [3.63, 3.8) is 0 Å². The Morgan fingerprint density at radius 3 is 2.86 bits per heavy atom. The summed E-state index contributed by atoms with van der Waals surface area (Å²) in [5, 5.41) is 4.29. The van der Waals surface area contributed by atoms with E-state index in [0.29, 0.717) is 12.1 Å². The molecule has 1 aliphatic heterocycles. The Morgan fingerprint density at radius 1 is 1.29 bits per heavy atom. The molecule has 1 aliphatic rings. The highest BCUT2D eigenvalue weighted by Gasteiger charge is 2.27. The number of nitrogens with two attached hydrogens (primary N) is 1. The van der Waals surface area contributed by atoms with Gasteiger partial charge in [0.15, 0.2) is 0 Å². The van der Waals surface area contributed by atoms with Gasteiger partial charge in [-0.1, -0.05) is 18.2 Å². The van der Waals surface area contributed by atoms with E-state index >= 15 is 0 Å². The molecule has 5 heteroatoms. The van der Waals surface area contributed by atoms with E-state index in [1.165, 1.54) is 0 Å². The first-order valence-corrected chi connectivity index (χ1v) is 7.40. The highest BCUT2D eigenvalue weighted by atomic mass is 16.2. The molecule has 1 aromatic heterocycles. The summed E-state index contributed by atoms with van der Waals surface area (Å²) in [6.07, 6.45) is 6.62. The fourth-order valence-corrected chi connectivity index (χ4v) is 2.83. The quantitative estimate of drug-likeness (QED) is 0.935. The molecule has 0 spiro atoms. The standard InChI is InChI=1S/C16H20N4O/c17-10-15-8-4-5-9-19(15)16(21)13-11-18-20(12-13)14-6-2-1-3-7-14/h1-3,6-7,11-12,15H,4-5,8-10,17H2. The molecule has 0 bridgehead atoms.